The Bertz CT molecular complexity index is 829. The summed E-state index contributed by atoms with van der Waals surface area (Å²) in [6, 6.07) is 13.7. The molecule has 0 aliphatic heterocycles. The van der Waals surface area contributed by atoms with Crippen molar-refractivity contribution in [3.05, 3.63) is 59.7 Å². The second-order valence-electron chi connectivity index (χ2n) is 5.94. The van der Waals surface area contributed by atoms with Gasteiger partial charge in [-0.15, -0.1) is 0 Å². The first-order valence-electron chi connectivity index (χ1n) is 7.70. The maximum absolute atomic E-state index is 12.7. The van der Waals surface area contributed by atoms with Crippen LogP contribution in [0.3, 0.4) is 0 Å². The van der Waals surface area contributed by atoms with E-state index in [2.05, 4.69) is 0 Å². The molecule has 0 fully saturated rings. The third-order valence-corrected chi connectivity index (χ3v) is 6.13. The summed E-state index contributed by atoms with van der Waals surface area (Å²) in [7, 11) is -3.50. The minimum Gasteiger partial charge on any atom is -0.370 e. The van der Waals surface area contributed by atoms with E-state index >= 15 is 0 Å². The number of primary amides is 1. The average molecular weight is 329 g/mol. The van der Waals surface area contributed by atoms with Gasteiger partial charge in [-0.25, -0.2) is 8.42 Å². The van der Waals surface area contributed by atoms with Crippen LogP contribution in [0.2, 0.25) is 0 Å². The second-order valence-corrected chi connectivity index (χ2v) is 7.89. The third kappa shape index (κ3) is 3.15. The number of hydrogen-bond acceptors (Lipinski definition) is 3. The molecule has 1 aliphatic carbocycles. The van der Waals surface area contributed by atoms with E-state index in [9.17, 15) is 13.2 Å². The summed E-state index contributed by atoms with van der Waals surface area (Å²) < 4.78 is 25.4. The predicted octanol–water partition coefficient (Wildman–Crippen LogP) is 2.81. The number of rotatable bonds is 4. The van der Waals surface area contributed by atoms with Crippen molar-refractivity contribution >= 4 is 15.7 Å². The zero-order valence-electron chi connectivity index (χ0n) is 12.7. The number of hydrogen-bond donors (Lipinski definition) is 1. The van der Waals surface area contributed by atoms with Crippen molar-refractivity contribution in [2.75, 3.05) is 0 Å². The average Bonchev–Trinajstić information content (AvgIpc) is 2.55. The van der Waals surface area contributed by atoms with Crippen LogP contribution in [0, 0.1) is 0 Å². The lowest BCUT2D eigenvalue weighted by molar-refractivity contribution is -0.118. The second kappa shape index (κ2) is 6.16. The van der Waals surface area contributed by atoms with E-state index in [1.165, 1.54) is 0 Å². The standard InChI is InChI=1S/C18H19NO3S/c19-18(20)12-14-6-4-5-13-11-16(9-10-17(13)14)23(21,22)15-7-2-1-3-8-15/h1-3,7-11,14H,4-6,12H2,(H2,19,20)/t14-/m1/s1. The minimum atomic E-state index is -3.50. The summed E-state index contributed by atoms with van der Waals surface area (Å²) in [5.41, 5.74) is 7.39. The molecule has 1 amide bonds. The van der Waals surface area contributed by atoms with Gasteiger partial charge in [-0.05, 0) is 60.6 Å². The van der Waals surface area contributed by atoms with Crippen LogP contribution in [0.1, 0.15) is 36.3 Å². The van der Waals surface area contributed by atoms with E-state index < -0.39 is 9.84 Å². The van der Waals surface area contributed by atoms with Gasteiger partial charge in [0.25, 0.3) is 0 Å². The van der Waals surface area contributed by atoms with E-state index in [4.69, 9.17) is 5.73 Å². The quantitative estimate of drug-likeness (QED) is 0.937. The van der Waals surface area contributed by atoms with Crippen molar-refractivity contribution in [1.82, 2.24) is 0 Å². The number of sulfone groups is 1. The predicted molar refractivity (Wildman–Crippen MR) is 87.8 cm³/mol. The van der Waals surface area contributed by atoms with Gasteiger partial charge in [-0.3, -0.25) is 4.79 Å². The summed E-state index contributed by atoms with van der Waals surface area (Å²) in [5, 5.41) is 0. The molecule has 0 radical (unpaired) electrons. The fraction of sp³-hybridized carbons (Fsp3) is 0.278. The van der Waals surface area contributed by atoms with Crippen LogP contribution in [0.5, 0.6) is 0 Å². The monoisotopic (exact) mass is 329 g/mol. The number of aryl methyl sites for hydroxylation is 1. The summed E-state index contributed by atoms with van der Waals surface area (Å²) in [6.45, 7) is 0. The Morgan fingerprint density at radius 2 is 1.83 bits per heavy atom. The molecule has 1 aliphatic rings. The Morgan fingerprint density at radius 1 is 1.09 bits per heavy atom. The minimum absolute atomic E-state index is 0.102. The first-order valence-corrected chi connectivity index (χ1v) is 9.18. The van der Waals surface area contributed by atoms with Crippen LogP contribution in [0.15, 0.2) is 58.3 Å². The summed E-state index contributed by atoms with van der Waals surface area (Å²) in [5.74, 6) is -0.214. The highest BCUT2D eigenvalue weighted by molar-refractivity contribution is 7.91. The molecule has 0 saturated heterocycles. The molecule has 3 rings (SSSR count). The number of carbonyl (C=O) groups excluding carboxylic acids is 1. The van der Waals surface area contributed by atoms with E-state index in [0.29, 0.717) is 16.2 Å². The first-order chi connectivity index (χ1) is 11.0. The molecule has 2 aromatic carbocycles. The van der Waals surface area contributed by atoms with Crippen LogP contribution < -0.4 is 5.73 Å². The summed E-state index contributed by atoms with van der Waals surface area (Å²) >= 11 is 0. The van der Waals surface area contributed by atoms with Gasteiger partial charge >= 0.3 is 0 Å². The number of benzene rings is 2. The van der Waals surface area contributed by atoms with Crippen LogP contribution in [0.25, 0.3) is 0 Å². The van der Waals surface area contributed by atoms with Gasteiger partial charge < -0.3 is 5.73 Å². The molecule has 0 aromatic heterocycles. The zero-order chi connectivity index (χ0) is 16.4. The van der Waals surface area contributed by atoms with Crippen LogP contribution in [-0.2, 0) is 21.1 Å². The number of amides is 1. The summed E-state index contributed by atoms with van der Waals surface area (Å²) in [4.78, 5) is 11.8. The van der Waals surface area contributed by atoms with Gasteiger partial charge in [-0.2, -0.15) is 0 Å². The topological polar surface area (TPSA) is 77.2 Å². The highest BCUT2D eigenvalue weighted by Crippen LogP contribution is 2.35. The highest BCUT2D eigenvalue weighted by Gasteiger charge is 2.25. The molecule has 5 heteroatoms. The van der Waals surface area contributed by atoms with E-state index in [-0.39, 0.29) is 11.8 Å². The maximum Gasteiger partial charge on any atom is 0.218 e. The molecule has 0 spiro atoms. The Hall–Kier alpha value is -2.14. The van der Waals surface area contributed by atoms with Crippen molar-refractivity contribution in [3.63, 3.8) is 0 Å². The molecule has 23 heavy (non-hydrogen) atoms. The molecule has 2 N–H and O–H groups in total. The fourth-order valence-corrected chi connectivity index (χ4v) is 4.58. The first kappa shape index (κ1) is 15.7. The molecule has 4 nitrogen and oxygen atoms in total. The lowest BCUT2D eigenvalue weighted by atomic mass is 9.81. The molecule has 0 unspecified atom stereocenters. The molecule has 120 valence electrons. The molecule has 0 bridgehead atoms. The van der Waals surface area contributed by atoms with E-state index in [1.54, 1.807) is 42.5 Å². The normalized spacial score (nSPS) is 17.5. The van der Waals surface area contributed by atoms with Crippen LogP contribution in [-0.4, -0.2) is 14.3 Å². The molecule has 1 atom stereocenters. The Balaban J connectivity index is 2.00. The fourth-order valence-electron chi connectivity index (χ4n) is 3.25. The third-order valence-electron chi connectivity index (χ3n) is 4.36. The highest BCUT2D eigenvalue weighted by atomic mass is 32.2. The largest absolute Gasteiger partial charge is 0.370 e. The molecule has 0 heterocycles. The van der Waals surface area contributed by atoms with Gasteiger partial charge in [0.15, 0.2) is 0 Å². The Kier molecular flexibility index (Phi) is 4.22. The van der Waals surface area contributed by atoms with Gasteiger partial charge in [0.2, 0.25) is 15.7 Å². The van der Waals surface area contributed by atoms with Crippen molar-refractivity contribution in [1.29, 1.82) is 0 Å². The lowest BCUT2D eigenvalue weighted by Gasteiger charge is -2.25. The van der Waals surface area contributed by atoms with Gasteiger partial charge in [0.05, 0.1) is 9.79 Å². The Morgan fingerprint density at radius 3 is 2.52 bits per heavy atom. The van der Waals surface area contributed by atoms with Crippen molar-refractivity contribution in [2.24, 2.45) is 5.73 Å². The smallest absolute Gasteiger partial charge is 0.218 e. The van der Waals surface area contributed by atoms with Gasteiger partial charge in [-0.1, -0.05) is 24.3 Å². The Labute approximate surface area is 136 Å². The van der Waals surface area contributed by atoms with Crippen LogP contribution in [0.4, 0.5) is 0 Å². The van der Waals surface area contributed by atoms with Gasteiger partial charge in [0, 0.05) is 6.42 Å². The molecule has 0 saturated carbocycles. The molecule has 2 aromatic rings. The zero-order valence-corrected chi connectivity index (χ0v) is 13.6. The lowest BCUT2D eigenvalue weighted by Crippen LogP contribution is -2.19. The SMILES string of the molecule is NC(=O)C[C@H]1CCCc2cc(S(=O)(=O)c3ccccc3)ccc21. The van der Waals surface area contributed by atoms with Crippen molar-refractivity contribution < 1.29 is 13.2 Å². The number of fused-ring (bicyclic) bond motifs is 1. The van der Waals surface area contributed by atoms with Crippen molar-refractivity contribution in [2.45, 2.75) is 41.4 Å². The molecular formula is C18H19NO3S. The van der Waals surface area contributed by atoms with Gasteiger partial charge in [0.1, 0.15) is 0 Å². The number of nitrogens with two attached hydrogens (primary N) is 1. The van der Waals surface area contributed by atoms with E-state index in [0.717, 1.165) is 30.4 Å². The van der Waals surface area contributed by atoms with Crippen molar-refractivity contribution in [3.8, 4) is 0 Å². The van der Waals surface area contributed by atoms with Crippen LogP contribution >= 0.6 is 0 Å². The number of carbonyl (C=O) groups is 1. The maximum atomic E-state index is 12.7. The van der Waals surface area contributed by atoms with E-state index in [1.807, 2.05) is 6.07 Å². The summed E-state index contributed by atoms with van der Waals surface area (Å²) in [6.07, 6.45) is 3.01. The molecular weight excluding hydrogens is 310 g/mol.